The summed E-state index contributed by atoms with van der Waals surface area (Å²) in [6.45, 7) is 0.668. The van der Waals surface area contributed by atoms with E-state index in [0.717, 1.165) is 21.5 Å². The van der Waals surface area contributed by atoms with Crippen LogP contribution in [0.4, 0.5) is 0 Å². The van der Waals surface area contributed by atoms with Crippen molar-refractivity contribution in [2.75, 3.05) is 13.6 Å². The second kappa shape index (κ2) is 6.11. The van der Waals surface area contributed by atoms with Crippen molar-refractivity contribution in [1.82, 2.24) is 10.4 Å². The van der Waals surface area contributed by atoms with Gasteiger partial charge in [-0.15, -0.1) is 0 Å². The number of hydrogen-bond donors (Lipinski definition) is 1. The molecule has 0 unspecified atom stereocenters. The second-order valence-electron chi connectivity index (χ2n) is 3.82. The summed E-state index contributed by atoms with van der Waals surface area (Å²) in [4.78, 5) is 15.4. The zero-order chi connectivity index (χ0) is 13.0. The molecule has 4 nitrogen and oxygen atoms in total. The number of aliphatic imine (C=N–C) groups is 1. The number of rotatable bonds is 2. The van der Waals surface area contributed by atoms with Crippen LogP contribution >= 0.6 is 23.4 Å². The molecule has 1 aliphatic rings. The lowest BCUT2D eigenvalue weighted by atomic mass is 10.2. The van der Waals surface area contributed by atoms with Crippen LogP contribution in [0.1, 0.15) is 12.0 Å². The highest BCUT2D eigenvalue weighted by Crippen LogP contribution is 2.22. The van der Waals surface area contributed by atoms with Gasteiger partial charge in [-0.25, -0.2) is 0 Å². The van der Waals surface area contributed by atoms with E-state index >= 15 is 0 Å². The zero-order valence-corrected chi connectivity index (χ0v) is 11.6. The molecule has 0 saturated carbocycles. The lowest BCUT2D eigenvalue weighted by Gasteiger charge is -2.18. The Bertz CT molecular complexity index is 478. The van der Waals surface area contributed by atoms with Crippen molar-refractivity contribution < 1.29 is 4.79 Å². The maximum Gasteiger partial charge on any atom is 0.240 e. The van der Waals surface area contributed by atoms with Crippen LogP contribution < -0.4 is 5.43 Å². The standard InChI is InChI=1S/C12H14ClN3OS/c1-14-12(16-7-6-11(17)15-16)18-8-9-4-2-3-5-10(9)13/h2-5H,6-8H2,1H3,(H,15,17). The fourth-order valence-electron chi connectivity index (χ4n) is 1.64. The van der Waals surface area contributed by atoms with Crippen molar-refractivity contribution >= 4 is 34.4 Å². The highest BCUT2D eigenvalue weighted by Gasteiger charge is 2.21. The molecule has 1 N–H and O–H groups in total. The summed E-state index contributed by atoms with van der Waals surface area (Å²) in [6.07, 6.45) is 0.520. The van der Waals surface area contributed by atoms with Gasteiger partial charge in [0.25, 0.3) is 0 Å². The average molecular weight is 284 g/mol. The number of hydrazine groups is 1. The zero-order valence-electron chi connectivity index (χ0n) is 10.0. The molecule has 0 atom stereocenters. The number of carbonyl (C=O) groups excluding carboxylic acids is 1. The van der Waals surface area contributed by atoms with Crippen LogP contribution in [-0.2, 0) is 10.5 Å². The summed E-state index contributed by atoms with van der Waals surface area (Å²) in [5, 5.41) is 3.34. The van der Waals surface area contributed by atoms with E-state index in [4.69, 9.17) is 11.6 Å². The number of amides is 1. The smallest absolute Gasteiger partial charge is 0.240 e. The molecule has 0 aliphatic carbocycles. The molecular formula is C12H14ClN3OS. The first-order valence-electron chi connectivity index (χ1n) is 5.60. The highest BCUT2D eigenvalue weighted by molar-refractivity contribution is 8.13. The largest absolute Gasteiger partial charge is 0.273 e. The van der Waals surface area contributed by atoms with E-state index in [-0.39, 0.29) is 5.91 Å². The van der Waals surface area contributed by atoms with E-state index in [1.54, 1.807) is 23.8 Å². The summed E-state index contributed by atoms with van der Waals surface area (Å²) in [7, 11) is 1.72. The first-order chi connectivity index (χ1) is 8.70. The van der Waals surface area contributed by atoms with Crippen molar-refractivity contribution in [3.63, 3.8) is 0 Å². The molecule has 0 bridgehead atoms. The Morgan fingerprint density at radius 1 is 1.56 bits per heavy atom. The third kappa shape index (κ3) is 3.17. The number of halogens is 1. The van der Waals surface area contributed by atoms with Crippen LogP contribution in [0.5, 0.6) is 0 Å². The monoisotopic (exact) mass is 283 g/mol. The molecule has 1 aromatic carbocycles. The molecule has 1 amide bonds. The van der Waals surface area contributed by atoms with Crippen molar-refractivity contribution in [2.45, 2.75) is 12.2 Å². The minimum absolute atomic E-state index is 0.0366. The average Bonchev–Trinajstić information content (AvgIpc) is 2.79. The van der Waals surface area contributed by atoms with Gasteiger partial charge in [0.2, 0.25) is 5.91 Å². The fraction of sp³-hybridized carbons (Fsp3) is 0.333. The fourth-order valence-corrected chi connectivity index (χ4v) is 2.88. The Hall–Kier alpha value is -1.20. The predicted octanol–water partition coefficient (Wildman–Crippen LogP) is 2.30. The molecule has 1 heterocycles. The van der Waals surface area contributed by atoms with Gasteiger partial charge in [-0.2, -0.15) is 0 Å². The maximum atomic E-state index is 11.2. The third-order valence-corrected chi connectivity index (χ3v) is 4.04. The molecular weight excluding hydrogens is 270 g/mol. The van der Waals surface area contributed by atoms with Gasteiger partial charge in [-0.05, 0) is 11.6 Å². The number of amidine groups is 1. The van der Waals surface area contributed by atoms with E-state index in [1.165, 1.54) is 0 Å². The molecule has 18 heavy (non-hydrogen) atoms. The van der Waals surface area contributed by atoms with Gasteiger partial charge in [0, 0.05) is 24.2 Å². The Balaban J connectivity index is 1.96. The predicted molar refractivity (Wildman–Crippen MR) is 75.6 cm³/mol. The van der Waals surface area contributed by atoms with Gasteiger partial charge in [0.15, 0.2) is 5.17 Å². The Morgan fingerprint density at radius 2 is 2.33 bits per heavy atom. The van der Waals surface area contributed by atoms with E-state index < -0.39 is 0 Å². The molecule has 6 heteroatoms. The van der Waals surface area contributed by atoms with Crippen molar-refractivity contribution in [3.8, 4) is 0 Å². The highest BCUT2D eigenvalue weighted by atomic mass is 35.5. The van der Waals surface area contributed by atoms with Gasteiger partial charge >= 0.3 is 0 Å². The molecule has 0 radical (unpaired) electrons. The molecule has 1 saturated heterocycles. The number of thioether (sulfide) groups is 1. The van der Waals surface area contributed by atoms with E-state index in [1.807, 2.05) is 24.3 Å². The minimum atomic E-state index is 0.0366. The molecule has 0 spiro atoms. The third-order valence-electron chi connectivity index (χ3n) is 2.56. The molecule has 2 rings (SSSR count). The number of nitrogens with one attached hydrogen (secondary N) is 1. The summed E-state index contributed by atoms with van der Waals surface area (Å²) in [5.41, 5.74) is 3.83. The quantitative estimate of drug-likeness (QED) is 0.669. The van der Waals surface area contributed by atoms with Gasteiger partial charge in [0.05, 0.1) is 6.54 Å². The van der Waals surface area contributed by atoms with Crippen LogP contribution in [0.2, 0.25) is 5.02 Å². The summed E-state index contributed by atoms with van der Waals surface area (Å²) in [6, 6.07) is 7.73. The minimum Gasteiger partial charge on any atom is -0.273 e. The van der Waals surface area contributed by atoms with Gasteiger partial charge in [-0.1, -0.05) is 41.6 Å². The molecule has 1 aliphatic heterocycles. The lowest BCUT2D eigenvalue weighted by Crippen LogP contribution is -2.37. The Kier molecular flexibility index (Phi) is 4.49. The maximum absolute atomic E-state index is 11.2. The van der Waals surface area contributed by atoms with Crippen LogP contribution in [0.15, 0.2) is 29.3 Å². The number of nitrogens with zero attached hydrogens (tertiary/aromatic N) is 2. The van der Waals surface area contributed by atoms with Crippen LogP contribution in [0, 0.1) is 0 Å². The number of benzene rings is 1. The SMILES string of the molecule is CN=C(SCc1ccccc1Cl)N1CCC(=O)N1. The second-order valence-corrected chi connectivity index (χ2v) is 5.17. The Morgan fingerprint density at radius 3 is 2.94 bits per heavy atom. The van der Waals surface area contributed by atoms with E-state index in [9.17, 15) is 4.79 Å². The summed E-state index contributed by atoms with van der Waals surface area (Å²) in [5.74, 6) is 0.771. The van der Waals surface area contributed by atoms with Gasteiger partial charge in [0.1, 0.15) is 0 Å². The molecule has 1 fully saturated rings. The summed E-state index contributed by atoms with van der Waals surface area (Å²) >= 11 is 7.66. The first-order valence-corrected chi connectivity index (χ1v) is 6.97. The Labute approximate surface area is 115 Å². The van der Waals surface area contributed by atoms with Gasteiger partial charge < -0.3 is 0 Å². The summed E-state index contributed by atoms with van der Waals surface area (Å²) < 4.78 is 0. The molecule has 96 valence electrons. The first kappa shape index (κ1) is 13.2. The van der Waals surface area contributed by atoms with E-state index in [2.05, 4.69) is 10.4 Å². The number of hydrogen-bond acceptors (Lipinski definition) is 3. The lowest BCUT2D eigenvalue weighted by molar-refractivity contribution is -0.120. The molecule has 0 aromatic heterocycles. The number of carbonyl (C=O) groups is 1. The topological polar surface area (TPSA) is 44.7 Å². The van der Waals surface area contributed by atoms with Gasteiger partial charge in [-0.3, -0.25) is 20.2 Å². The van der Waals surface area contributed by atoms with Crippen LogP contribution in [0.3, 0.4) is 0 Å². The van der Waals surface area contributed by atoms with Crippen LogP contribution in [-0.4, -0.2) is 29.7 Å². The van der Waals surface area contributed by atoms with Crippen molar-refractivity contribution in [2.24, 2.45) is 4.99 Å². The van der Waals surface area contributed by atoms with Crippen molar-refractivity contribution in [1.29, 1.82) is 0 Å². The molecule has 1 aromatic rings. The van der Waals surface area contributed by atoms with Crippen LogP contribution in [0.25, 0.3) is 0 Å². The van der Waals surface area contributed by atoms with E-state index in [0.29, 0.717) is 13.0 Å². The normalized spacial score (nSPS) is 16.0. The van der Waals surface area contributed by atoms with Crippen molar-refractivity contribution in [3.05, 3.63) is 34.9 Å².